The molecule has 92 valence electrons. The van der Waals surface area contributed by atoms with E-state index >= 15 is 0 Å². The van der Waals surface area contributed by atoms with Crippen molar-refractivity contribution in [2.75, 3.05) is 32.7 Å². The number of carbonyl (C=O) groups excluding carboxylic acids is 1. The highest BCUT2D eigenvalue weighted by atomic mass is 16.1. The van der Waals surface area contributed by atoms with Gasteiger partial charge < -0.3 is 16.0 Å². The van der Waals surface area contributed by atoms with E-state index in [1.807, 2.05) is 12.1 Å². The van der Waals surface area contributed by atoms with E-state index in [1.165, 1.54) is 0 Å². The molecular weight excluding hydrogens is 216 g/mol. The van der Waals surface area contributed by atoms with Crippen LogP contribution in [0.15, 0.2) is 18.3 Å². The van der Waals surface area contributed by atoms with Gasteiger partial charge in [0.15, 0.2) is 0 Å². The lowest BCUT2D eigenvalue weighted by Crippen LogP contribution is -2.44. The van der Waals surface area contributed by atoms with E-state index in [1.54, 1.807) is 6.20 Å². The smallest absolute Gasteiger partial charge is 0.267 e. The van der Waals surface area contributed by atoms with E-state index in [2.05, 4.69) is 15.2 Å². The van der Waals surface area contributed by atoms with Crippen molar-refractivity contribution in [3.8, 4) is 0 Å². The molecule has 0 atom stereocenters. The van der Waals surface area contributed by atoms with Crippen molar-refractivity contribution in [3.05, 3.63) is 29.6 Å². The second-order valence-corrected chi connectivity index (χ2v) is 4.22. The van der Waals surface area contributed by atoms with Crippen LogP contribution in [0.4, 0.5) is 0 Å². The van der Waals surface area contributed by atoms with Gasteiger partial charge >= 0.3 is 0 Å². The van der Waals surface area contributed by atoms with Crippen molar-refractivity contribution in [1.82, 2.24) is 15.2 Å². The fraction of sp³-hybridized carbons (Fsp3) is 0.500. The van der Waals surface area contributed by atoms with Gasteiger partial charge in [0, 0.05) is 38.9 Å². The first-order valence-corrected chi connectivity index (χ1v) is 5.94. The molecule has 5 heteroatoms. The lowest BCUT2D eigenvalue weighted by Gasteiger charge is -2.27. The maximum Gasteiger partial charge on any atom is 0.267 e. The van der Waals surface area contributed by atoms with E-state index in [0.29, 0.717) is 5.69 Å². The number of hydrogen-bond acceptors (Lipinski definition) is 4. The van der Waals surface area contributed by atoms with E-state index in [-0.39, 0.29) is 0 Å². The Balaban J connectivity index is 1.96. The lowest BCUT2D eigenvalue weighted by molar-refractivity contribution is 0.0994. The van der Waals surface area contributed by atoms with E-state index < -0.39 is 5.91 Å². The van der Waals surface area contributed by atoms with Gasteiger partial charge in [-0.25, -0.2) is 0 Å². The zero-order valence-electron chi connectivity index (χ0n) is 9.85. The number of nitrogens with one attached hydrogen (secondary N) is 1. The molecule has 17 heavy (non-hydrogen) atoms. The van der Waals surface area contributed by atoms with Crippen molar-refractivity contribution >= 4 is 5.91 Å². The molecule has 1 aliphatic heterocycles. The highest BCUT2D eigenvalue weighted by molar-refractivity contribution is 5.92. The van der Waals surface area contributed by atoms with Gasteiger partial charge in [-0.15, -0.1) is 0 Å². The van der Waals surface area contributed by atoms with Crippen LogP contribution in [0, 0.1) is 0 Å². The normalized spacial score (nSPS) is 16.9. The van der Waals surface area contributed by atoms with E-state index in [0.717, 1.165) is 44.7 Å². The summed E-state index contributed by atoms with van der Waals surface area (Å²) in [6.45, 7) is 5.15. The second-order valence-electron chi connectivity index (χ2n) is 4.22. The summed E-state index contributed by atoms with van der Waals surface area (Å²) in [5.41, 5.74) is 6.65. The molecule has 0 unspecified atom stereocenters. The van der Waals surface area contributed by atoms with Crippen LogP contribution in [-0.4, -0.2) is 48.5 Å². The maximum atomic E-state index is 11.2. The molecule has 0 saturated carbocycles. The van der Waals surface area contributed by atoms with Crippen LogP contribution in [0.2, 0.25) is 0 Å². The minimum absolute atomic E-state index is 0.405. The first-order valence-electron chi connectivity index (χ1n) is 5.94. The molecule has 2 heterocycles. The topological polar surface area (TPSA) is 71.2 Å². The Bertz CT molecular complexity index is 388. The number of nitrogens with zero attached hydrogens (tertiary/aromatic N) is 2. The molecule has 0 spiro atoms. The van der Waals surface area contributed by atoms with Crippen LogP contribution in [0.1, 0.15) is 16.1 Å². The van der Waals surface area contributed by atoms with Crippen molar-refractivity contribution in [2.45, 2.75) is 6.42 Å². The highest BCUT2D eigenvalue weighted by Crippen LogP contribution is 2.07. The first-order chi connectivity index (χ1) is 8.27. The molecular formula is C12H18N4O. The summed E-state index contributed by atoms with van der Waals surface area (Å²) in [7, 11) is 0. The monoisotopic (exact) mass is 234 g/mol. The average Bonchev–Trinajstić information content (AvgIpc) is 2.38. The first kappa shape index (κ1) is 12.0. The van der Waals surface area contributed by atoms with Gasteiger partial charge in [-0.1, -0.05) is 6.07 Å². The second kappa shape index (κ2) is 5.75. The molecule has 1 aromatic rings. The summed E-state index contributed by atoms with van der Waals surface area (Å²) in [4.78, 5) is 17.6. The Morgan fingerprint density at radius 3 is 2.94 bits per heavy atom. The van der Waals surface area contributed by atoms with Crippen LogP contribution in [0.25, 0.3) is 0 Å². The number of pyridine rings is 1. The zero-order valence-corrected chi connectivity index (χ0v) is 9.85. The number of aromatic nitrogens is 1. The molecule has 0 radical (unpaired) electrons. The van der Waals surface area contributed by atoms with Gasteiger partial charge in [0.2, 0.25) is 0 Å². The molecule has 0 bridgehead atoms. The third-order valence-corrected chi connectivity index (χ3v) is 3.03. The third-order valence-electron chi connectivity index (χ3n) is 3.03. The number of carbonyl (C=O) groups is 1. The minimum atomic E-state index is -0.444. The Kier molecular flexibility index (Phi) is 4.06. The van der Waals surface area contributed by atoms with Crippen molar-refractivity contribution < 1.29 is 4.79 Å². The predicted octanol–water partition coefficient (Wildman–Crippen LogP) is -0.372. The molecule has 2 rings (SSSR count). The predicted molar refractivity (Wildman–Crippen MR) is 65.8 cm³/mol. The SMILES string of the molecule is NC(=O)c1ncccc1CCN1CCNCC1. The summed E-state index contributed by atoms with van der Waals surface area (Å²) in [6, 6.07) is 3.77. The summed E-state index contributed by atoms with van der Waals surface area (Å²) in [5.74, 6) is -0.444. The summed E-state index contributed by atoms with van der Waals surface area (Å²) in [6.07, 6.45) is 2.43. The van der Waals surface area contributed by atoms with Crippen LogP contribution in [0.3, 0.4) is 0 Å². The molecule has 1 aromatic heterocycles. The fourth-order valence-electron chi connectivity index (χ4n) is 2.08. The Labute approximate surface area is 101 Å². The molecule has 1 fully saturated rings. The Morgan fingerprint density at radius 1 is 1.47 bits per heavy atom. The Morgan fingerprint density at radius 2 is 2.24 bits per heavy atom. The number of primary amides is 1. The third kappa shape index (κ3) is 3.25. The Hall–Kier alpha value is -1.46. The number of hydrogen-bond donors (Lipinski definition) is 2. The van der Waals surface area contributed by atoms with Crippen molar-refractivity contribution in [1.29, 1.82) is 0 Å². The van der Waals surface area contributed by atoms with Gasteiger partial charge in [0.1, 0.15) is 5.69 Å². The lowest BCUT2D eigenvalue weighted by atomic mass is 10.1. The summed E-state index contributed by atoms with van der Waals surface area (Å²) < 4.78 is 0. The van der Waals surface area contributed by atoms with Crippen LogP contribution in [0.5, 0.6) is 0 Å². The largest absolute Gasteiger partial charge is 0.364 e. The average molecular weight is 234 g/mol. The minimum Gasteiger partial charge on any atom is -0.364 e. The maximum absolute atomic E-state index is 11.2. The molecule has 1 aliphatic rings. The summed E-state index contributed by atoms with van der Waals surface area (Å²) >= 11 is 0. The number of amides is 1. The fourth-order valence-corrected chi connectivity index (χ4v) is 2.08. The quantitative estimate of drug-likeness (QED) is 0.745. The van der Waals surface area contributed by atoms with Gasteiger partial charge in [0.05, 0.1) is 0 Å². The zero-order chi connectivity index (χ0) is 12.1. The molecule has 0 aliphatic carbocycles. The van der Waals surface area contributed by atoms with E-state index in [9.17, 15) is 4.79 Å². The van der Waals surface area contributed by atoms with Crippen molar-refractivity contribution in [3.63, 3.8) is 0 Å². The molecule has 3 N–H and O–H groups in total. The molecule has 1 amide bonds. The van der Waals surface area contributed by atoms with Crippen LogP contribution in [-0.2, 0) is 6.42 Å². The van der Waals surface area contributed by atoms with Gasteiger partial charge in [-0.05, 0) is 18.1 Å². The van der Waals surface area contributed by atoms with Crippen LogP contribution < -0.4 is 11.1 Å². The number of rotatable bonds is 4. The molecule has 1 saturated heterocycles. The molecule has 5 nitrogen and oxygen atoms in total. The van der Waals surface area contributed by atoms with Crippen molar-refractivity contribution in [2.24, 2.45) is 5.73 Å². The highest BCUT2D eigenvalue weighted by Gasteiger charge is 2.12. The van der Waals surface area contributed by atoms with Gasteiger partial charge in [-0.2, -0.15) is 0 Å². The standard InChI is InChI=1S/C12H18N4O/c13-12(17)11-10(2-1-4-15-11)3-7-16-8-5-14-6-9-16/h1-2,4,14H,3,5-9H2,(H2,13,17). The number of piperazine rings is 1. The van der Waals surface area contributed by atoms with Crippen LogP contribution >= 0.6 is 0 Å². The van der Waals surface area contributed by atoms with Gasteiger partial charge in [0.25, 0.3) is 5.91 Å². The summed E-state index contributed by atoms with van der Waals surface area (Å²) in [5, 5.41) is 3.31. The van der Waals surface area contributed by atoms with Gasteiger partial charge in [-0.3, -0.25) is 9.78 Å². The van der Waals surface area contributed by atoms with E-state index in [4.69, 9.17) is 5.73 Å². The number of nitrogens with two attached hydrogens (primary N) is 1. The molecule has 0 aromatic carbocycles.